The van der Waals surface area contributed by atoms with Gasteiger partial charge in [-0.05, 0) is 26.5 Å². The molecule has 1 unspecified atom stereocenters. The summed E-state index contributed by atoms with van der Waals surface area (Å²) in [4.78, 5) is 2.10. The van der Waals surface area contributed by atoms with Crippen LogP contribution in [0.4, 0.5) is 0 Å². The molecule has 1 aromatic heterocycles. The number of oxime groups is 1. The number of amidine groups is 1. The first kappa shape index (κ1) is 14.5. The van der Waals surface area contributed by atoms with E-state index in [2.05, 4.69) is 29.0 Å². The summed E-state index contributed by atoms with van der Waals surface area (Å²) in [5, 5.41) is 15.9. The highest BCUT2D eigenvalue weighted by Crippen LogP contribution is 2.10. The van der Waals surface area contributed by atoms with Crippen LogP contribution < -0.4 is 5.73 Å². The first-order valence-corrected chi connectivity index (χ1v) is 6.25. The van der Waals surface area contributed by atoms with Crippen LogP contribution in [-0.2, 0) is 6.54 Å². The van der Waals surface area contributed by atoms with Crippen molar-refractivity contribution in [1.82, 2.24) is 14.7 Å². The highest BCUT2D eigenvalue weighted by atomic mass is 16.4. The molecule has 0 aliphatic heterocycles. The predicted octanol–water partition coefficient (Wildman–Crippen LogP) is 1.42. The normalized spacial score (nSPS) is 14.1. The second-order valence-electron chi connectivity index (χ2n) is 4.62. The molecule has 0 aromatic carbocycles. The molecule has 6 heteroatoms. The van der Waals surface area contributed by atoms with Gasteiger partial charge < -0.3 is 15.8 Å². The number of nitrogens with two attached hydrogens (primary N) is 1. The molecule has 0 aliphatic carbocycles. The van der Waals surface area contributed by atoms with E-state index in [-0.39, 0.29) is 5.84 Å². The minimum absolute atomic E-state index is 0.256. The molecule has 3 N–H and O–H groups in total. The number of hydrogen-bond donors (Lipinski definition) is 2. The van der Waals surface area contributed by atoms with Gasteiger partial charge in [-0.3, -0.25) is 4.68 Å². The zero-order chi connectivity index (χ0) is 13.5. The van der Waals surface area contributed by atoms with Crippen LogP contribution in [0, 0.1) is 0 Å². The van der Waals surface area contributed by atoms with E-state index < -0.39 is 0 Å². The van der Waals surface area contributed by atoms with Crippen molar-refractivity contribution in [3.05, 3.63) is 18.0 Å². The predicted molar refractivity (Wildman–Crippen MR) is 71.6 cm³/mol. The molecule has 102 valence electrons. The van der Waals surface area contributed by atoms with Crippen LogP contribution in [0.2, 0.25) is 0 Å². The van der Waals surface area contributed by atoms with Gasteiger partial charge in [0.25, 0.3) is 0 Å². The van der Waals surface area contributed by atoms with Gasteiger partial charge in [-0.2, -0.15) is 5.10 Å². The van der Waals surface area contributed by atoms with E-state index in [1.165, 1.54) is 0 Å². The summed E-state index contributed by atoms with van der Waals surface area (Å²) in [5.74, 6) is 0.256. The lowest BCUT2D eigenvalue weighted by molar-refractivity contribution is 0.308. The quantitative estimate of drug-likeness (QED) is 0.333. The molecule has 18 heavy (non-hydrogen) atoms. The fraction of sp³-hybridized carbons (Fsp3) is 0.667. The minimum atomic E-state index is 0.256. The third-order valence-corrected chi connectivity index (χ3v) is 3.02. The molecule has 1 rings (SSSR count). The molecule has 0 spiro atoms. The molecule has 0 bridgehead atoms. The maximum Gasteiger partial charge on any atom is 0.140 e. The van der Waals surface area contributed by atoms with E-state index in [1.54, 1.807) is 0 Å². The van der Waals surface area contributed by atoms with Gasteiger partial charge in [0.2, 0.25) is 0 Å². The smallest absolute Gasteiger partial charge is 0.140 e. The molecule has 0 fully saturated rings. The van der Waals surface area contributed by atoms with Gasteiger partial charge in [0.05, 0.1) is 5.69 Å². The average molecular weight is 253 g/mol. The van der Waals surface area contributed by atoms with Crippen LogP contribution >= 0.6 is 0 Å². The molecule has 0 amide bonds. The fourth-order valence-corrected chi connectivity index (χ4v) is 1.61. The molecular weight excluding hydrogens is 230 g/mol. The summed E-state index contributed by atoms with van der Waals surface area (Å²) in [6.07, 6.45) is 3.64. The summed E-state index contributed by atoms with van der Waals surface area (Å²) >= 11 is 0. The van der Waals surface area contributed by atoms with Crippen molar-refractivity contribution in [2.75, 3.05) is 13.6 Å². The van der Waals surface area contributed by atoms with Crippen molar-refractivity contribution >= 4 is 5.84 Å². The van der Waals surface area contributed by atoms with E-state index in [4.69, 9.17) is 10.9 Å². The Morgan fingerprint density at radius 2 is 2.39 bits per heavy atom. The van der Waals surface area contributed by atoms with E-state index in [0.717, 1.165) is 25.2 Å². The van der Waals surface area contributed by atoms with Crippen molar-refractivity contribution in [2.45, 2.75) is 39.3 Å². The number of hydrogen-bond acceptors (Lipinski definition) is 4. The second-order valence-corrected chi connectivity index (χ2v) is 4.62. The Morgan fingerprint density at radius 3 is 3.00 bits per heavy atom. The molecule has 0 saturated heterocycles. The Morgan fingerprint density at radius 1 is 1.67 bits per heavy atom. The maximum absolute atomic E-state index is 8.46. The third-order valence-electron chi connectivity index (χ3n) is 3.02. The Balaban J connectivity index is 2.44. The maximum atomic E-state index is 8.46. The fourth-order valence-electron chi connectivity index (χ4n) is 1.61. The minimum Gasteiger partial charge on any atom is -0.409 e. The molecule has 0 radical (unpaired) electrons. The van der Waals surface area contributed by atoms with E-state index in [0.29, 0.717) is 12.5 Å². The molecule has 1 heterocycles. The lowest BCUT2D eigenvalue weighted by Gasteiger charge is -2.14. The molecule has 0 aliphatic rings. The van der Waals surface area contributed by atoms with Crippen LogP contribution in [0.25, 0.3) is 0 Å². The van der Waals surface area contributed by atoms with Crippen LogP contribution in [0.15, 0.2) is 17.4 Å². The van der Waals surface area contributed by atoms with Gasteiger partial charge in [0.15, 0.2) is 0 Å². The largest absolute Gasteiger partial charge is 0.409 e. The lowest BCUT2D eigenvalue weighted by Crippen LogP contribution is -2.24. The van der Waals surface area contributed by atoms with E-state index in [1.807, 2.05) is 24.0 Å². The Kier molecular flexibility index (Phi) is 5.64. The van der Waals surface area contributed by atoms with Crippen molar-refractivity contribution in [2.24, 2.45) is 10.9 Å². The highest BCUT2D eigenvalue weighted by molar-refractivity contribution is 5.79. The average Bonchev–Trinajstić information content (AvgIpc) is 2.83. The zero-order valence-electron chi connectivity index (χ0n) is 11.4. The zero-order valence-corrected chi connectivity index (χ0v) is 11.4. The van der Waals surface area contributed by atoms with Crippen molar-refractivity contribution in [3.8, 4) is 0 Å². The monoisotopic (exact) mass is 253 g/mol. The third kappa shape index (κ3) is 4.37. The second kappa shape index (κ2) is 7.00. The topological polar surface area (TPSA) is 79.7 Å². The summed E-state index contributed by atoms with van der Waals surface area (Å²) < 4.78 is 1.99. The lowest BCUT2D eigenvalue weighted by atomic mass is 10.3. The van der Waals surface area contributed by atoms with Crippen molar-refractivity contribution in [1.29, 1.82) is 0 Å². The van der Waals surface area contributed by atoms with Crippen molar-refractivity contribution in [3.63, 3.8) is 0 Å². The SMILES string of the molecule is CCC(C)n1ccc(CN(C)CCC(N)=NO)n1. The summed E-state index contributed by atoms with van der Waals surface area (Å²) in [7, 11) is 1.99. The Labute approximate surface area is 108 Å². The number of aromatic nitrogens is 2. The molecule has 1 atom stereocenters. The van der Waals surface area contributed by atoms with Crippen LogP contribution in [0.1, 0.15) is 38.4 Å². The number of rotatable bonds is 7. The van der Waals surface area contributed by atoms with Crippen LogP contribution in [0.5, 0.6) is 0 Å². The standard InChI is InChI=1S/C12H23N5O/c1-4-10(2)17-8-5-11(14-17)9-16(3)7-6-12(13)15-18/h5,8,10,18H,4,6-7,9H2,1-3H3,(H2,13,15). The van der Waals surface area contributed by atoms with Gasteiger partial charge in [-0.25, -0.2) is 0 Å². The Hall–Kier alpha value is -1.56. The van der Waals surface area contributed by atoms with E-state index >= 15 is 0 Å². The first-order chi connectivity index (χ1) is 8.56. The highest BCUT2D eigenvalue weighted by Gasteiger charge is 2.07. The van der Waals surface area contributed by atoms with E-state index in [9.17, 15) is 0 Å². The number of nitrogens with zero attached hydrogens (tertiary/aromatic N) is 4. The molecule has 1 aromatic rings. The van der Waals surface area contributed by atoms with Crippen LogP contribution in [-0.4, -0.2) is 39.3 Å². The summed E-state index contributed by atoms with van der Waals surface area (Å²) in [6.45, 7) is 5.81. The van der Waals surface area contributed by atoms with Gasteiger partial charge >= 0.3 is 0 Å². The van der Waals surface area contributed by atoms with Gasteiger partial charge in [-0.1, -0.05) is 12.1 Å². The molecular formula is C12H23N5O. The molecule has 0 saturated carbocycles. The molecule has 6 nitrogen and oxygen atoms in total. The Bertz CT molecular complexity index is 388. The summed E-state index contributed by atoms with van der Waals surface area (Å²) in [6, 6.07) is 2.47. The van der Waals surface area contributed by atoms with Crippen LogP contribution in [0.3, 0.4) is 0 Å². The van der Waals surface area contributed by atoms with Crippen molar-refractivity contribution < 1.29 is 5.21 Å². The first-order valence-electron chi connectivity index (χ1n) is 6.25. The summed E-state index contributed by atoms with van der Waals surface area (Å²) in [5.41, 5.74) is 6.47. The van der Waals surface area contributed by atoms with Gasteiger partial charge in [0, 0.05) is 31.7 Å². The van der Waals surface area contributed by atoms with Gasteiger partial charge in [0.1, 0.15) is 5.84 Å². The van der Waals surface area contributed by atoms with Gasteiger partial charge in [-0.15, -0.1) is 0 Å².